The highest BCUT2D eigenvalue weighted by Gasteiger charge is 2.52. The van der Waals surface area contributed by atoms with Gasteiger partial charge in [0.1, 0.15) is 5.75 Å². The molecule has 4 nitrogen and oxygen atoms in total. The first-order valence-corrected chi connectivity index (χ1v) is 7.89. The van der Waals surface area contributed by atoms with Crippen LogP contribution < -0.4 is 10.2 Å². The van der Waals surface area contributed by atoms with Crippen LogP contribution in [0, 0.1) is 5.92 Å². The van der Waals surface area contributed by atoms with Crippen molar-refractivity contribution in [1.82, 2.24) is 10.4 Å². The Kier molecular flexibility index (Phi) is 5.13. The molecule has 1 heterocycles. The summed E-state index contributed by atoms with van der Waals surface area (Å²) in [5, 5.41) is 0.999. The zero-order valence-corrected chi connectivity index (χ0v) is 14.3. The lowest BCUT2D eigenvalue weighted by atomic mass is 9.97. The number of halogens is 3. The van der Waals surface area contributed by atoms with E-state index in [1.807, 2.05) is 13.8 Å². The second-order valence-corrected chi connectivity index (χ2v) is 7.11. The molecule has 1 aromatic rings. The Labute approximate surface area is 139 Å². The average molecular weight is 344 g/mol. The molecule has 1 aliphatic heterocycles. The number of carbonyl (C=O) groups excluding carboxylic acids is 1. The molecule has 0 aromatic heterocycles. The Morgan fingerprint density at radius 2 is 1.83 bits per heavy atom. The second-order valence-electron chi connectivity index (χ2n) is 7.11. The van der Waals surface area contributed by atoms with Crippen molar-refractivity contribution >= 4 is 5.91 Å². The standard InChI is InChI=1S/C17H23F3N2O2/c1-11(2)10-24-13-7-5-12(6-8-13)15(17(18,19)20)22-16(3,4)9-14(23)21-22/h5-8,11,15H,9-10H2,1-4H3,(H,21,23). The number of carbonyl (C=O) groups is 1. The van der Waals surface area contributed by atoms with Crippen LogP contribution in [0.1, 0.15) is 45.7 Å². The van der Waals surface area contributed by atoms with Gasteiger partial charge in [-0.05, 0) is 37.5 Å². The van der Waals surface area contributed by atoms with Crippen LogP contribution >= 0.6 is 0 Å². The van der Waals surface area contributed by atoms with E-state index in [2.05, 4.69) is 5.43 Å². The summed E-state index contributed by atoms with van der Waals surface area (Å²) in [6, 6.07) is 3.95. The minimum atomic E-state index is -4.52. The largest absolute Gasteiger partial charge is 0.493 e. The fourth-order valence-electron chi connectivity index (χ4n) is 2.71. The Morgan fingerprint density at radius 3 is 2.25 bits per heavy atom. The highest BCUT2D eigenvalue weighted by atomic mass is 19.4. The maximum Gasteiger partial charge on any atom is 0.409 e. The highest BCUT2D eigenvalue weighted by Crippen LogP contribution is 2.42. The van der Waals surface area contributed by atoms with Crippen molar-refractivity contribution in [3.05, 3.63) is 29.8 Å². The third kappa shape index (κ3) is 4.20. The number of amides is 1. The maximum absolute atomic E-state index is 13.7. The summed E-state index contributed by atoms with van der Waals surface area (Å²) in [6.07, 6.45) is -4.50. The molecule has 1 aromatic carbocycles. The molecule has 1 atom stereocenters. The molecule has 24 heavy (non-hydrogen) atoms. The van der Waals surface area contributed by atoms with Crippen LogP contribution in [0.3, 0.4) is 0 Å². The molecule has 1 fully saturated rings. The van der Waals surface area contributed by atoms with E-state index in [-0.39, 0.29) is 12.0 Å². The van der Waals surface area contributed by atoms with Gasteiger partial charge < -0.3 is 4.74 Å². The molecule has 1 unspecified atom stereocenters. The van der Waals surface area contributed by atoms with E-state index in [0.29, 0.717) is 18.3 Å². The minimum Gasteiger partial charge on any atom is -0.493 e. The topological polar surface area (TPSA) is 41.6 Å². The van der Waals surface area contributed by atoms with Crippen LogP contribution in [0.5, 0.6) is 5.75 Å². The smallest absolute Gasteiger partial charge is 0.409 e. The molecule has 0 bridgehead atoms. The van der Waals surface area contributed by atoms with Crippen LogP contribution in [0.2, 0.25) is 0 Å². The predicted octanol–water partition coefficient (Wildman–Crippen LogP) is 3.84. The Bertz CT molecular complexity index is 582. The Hall–Kier alpha value is -1.76. The lowest BCUT2D eigenvalue weighted by Gasteiger charge is -2.37. The predicted molar refractivity (Wildman–Crippen MR) is 84.2 cm³/mol. The number of ether oxygens (including phenoxy) is 1. The molecular weight excluding hydrogens is 321 g/mol. The number of alkyl halides is 3. The number of nitrogens with one attached hydrogen (secondary N) is 1. The first-order valence-electron chi connectivity index (χ1n) is 7.89. The van der Waals surface area contributed by atoms with Crippen molar-refractivity contribution in [2.75, 3.05) is 6.61 Å². The Balaban J connectivity index is 2.28. The highest BCUT2D eigenvalue weighted by molar-refractivity contribution is 5.79. The molecule has 0 radical (unpaired) electrons. The van der Waals surface area contributed by atoms with E-state index >= 15 is 0 Å². The summed E-state index contributed by atoms with van der Waals surface area (Å²) in [4.78, 5) is 11.6. The van der Waals surface area contributed by atoms with Gasteiger partial charge in [-0.15, -0.1) is 0 Å². The third-order valence-electron chi connectivity index (χ3n) is 3.84. The van der Waals surface area contributed by atoms with Crippen molar-refractivity contribution in [2.24, 2.45) is 5.92 Å². The molecule has 1 saturated heterocycles. The van der Waals surface area contributed by atoms with Gasteiger partial charge in [0.05, 0.1) is 6.61 Å². The normalized spacial score (nSPS) is 19.4. The summed E-state index contributed by atoms with van der Waals surface area (Å²) in [5.74, 6) is 0.442. The summed E-state index contributed by atoms with van der Waals surface area (Å²) in [5.41, 5.74) is 1.49. The first kappa shape index (κ1) is 18.6. The number of nitrogens with zero attached hydrogens (tertiary/aromatic N) is 1. The molecule has 1 N–H and O–H groups in total. The van der Waals surface area contributed by atoms with Crippen LogP contribution in [0.4, 0.5) is 13.2 Å². The van der Waals surface area contributed by atoms with Crippen LogP contribution in [0.25, 0.3) is 0 Å². The number of hydrogen-bond donors (Lipinski definition) is 1. The first-order chi connectivity index (χ1) is 11.0. The van der Waals surface area contributed by atoms with Crippen LogP contribution in [-0.4, -0.2) is 29.2 Å². The van der Waals surface area contributed by atoms with Gasteiger partial charge in [0.25, 0.3) is 0 Å². The van der Waals surface area contributed by atoms with E-state index in [0.717, 1.165) is 5.01 Å². The van der Waals surface area contributed by atoms with E-state index in [4.69, 9.17) is 4.74 Å². The SMILES string of the molecule is CC(C)COc1ccc(C(N2NC(=O)CC2(C)C)C(F)(F)F)cc1. The second kappa shape index (κ2) is 6.63. The summed E-state index contributed by atoms with van der Waals surface area (Å²) in [6.45, 7) is 7.71. The summed E-state index contributed by atoms with van der Waals surface area (Å²) >= 11 is 0. The van der Waals surface area contributed by atoms with Crippen molar-refractivity contribution < 1.29 is 22.7 Å². The lowest BCUT2D eigenvalue weighted by Crippen LogP contribution is -2.51. The molecular formula is C17H23F3N2O2. The van der Waals surface area contributed by atoms with Gasteiger partial charge in [-0.25, -0.2) is 0 Å². The Morgan fingerprint density at radius 1 is 1.25 bits per heavy atom. The van der Waals surface area contributed by atoms with Crippen molar-refractivity contribution in [3.63, 3.8) is 0 Å². The third-order valence-corrected chi connectivity index (χ3v) is 3.84. The number of rotatable bonds is 5. The molecule has 134 valence electrons. The summed E-state index contributed by atoms with van der Waals surface area (Å²) in [7, 11) is 0. The van der Waals surface area contributed by atoms with Gasteiger partial charge in [-0.1, -0.05) is 26.0 Å². The van der Waals surface area contributed by atoms with Gasteiger partial charge in [0, 0.05) is 12.0 Å². The molecule has 0 saturated carbocycles. The van der Waals surface area contributed by atoms with Crippen LogP contribution in [-0.2, 0) is 4.79 Å². The fraction of sp³-hybridized carbons (Fsp3) is 0.588. The molecule has 1 amide bonds. The number of hydrazine groups is 1. The van der Waals surface area contributed by atoms with Gasteiger partial charge in [-0.3, -0.25) is 10.2 Å². The zero-order valence-electron chi connectivity index (χ0n) is 14.3. The zero-order chi connectivity index (χ0) is 18.1. The quantitative estimate of drug-likeness (QED) is 0.882. The van der Waals surface area contributed by atoms with Gasteiger partial charge in [-0.2, -0.15) is 18.2 Å². The molecule has 0 aliphatic carbocycles. The van der Waals surface area contributed by atoms with E-state index in [1.54, 1.807) is 13.8 Å². The van der Waals surface area contributed by atoms with Crippen molar-refractivity contribution in [1.29, 1.82) is 0 Å². The van der Waals surface area contributed by atoms with Gasteiger partial charge >= 0.3 is 6.18 Å². The molecule has 2 rings (SSSR count). The monoisotopic (exact) mass is 344 g/mol. The van der Waals surface area contributed by atoms with Crippen LogP contribution in [0.15, 0.2) is 24.3 Å². The molecule has 7 heteroatoms. The van der Waals surface area contributed by atoms with Gasteiger partial charge in [0.2, 0.25) is 5.91 Å². The lowest BCUT2D eigenvalue weighted by molar-refractivity contribution is -0.203. The van der Waals surface area contributed by atoms with Crippen molar-refractivity contribution in [3.8, 4) is 5.75 Å². The fourth-order valence-corrected chi connectivity index (χ4v) is 2.71. The van der Waals surface area contributed by atoms with E-state index in [9.17, 15) is 18.0 Å². The van der Waals surface area contributed by atoms with Crippen molar-refractivity contribution in [2.45, 2.75) is 51.9 Å². The maximum atomic E-state index is 13.7. The van der Waals surface area contributed by atoms with E-state index in [1.165, 1.54) is 24.3 Å². The number of benzene rings is 1. The molecule has 0 spiro atoms. The number of hydrogen-bond acceptors (Lipinski definition) is 3. The molecule has 1 aliphatic rings. The average Bonchev–Trinajstić information content (AvgIpc) is 2.69. The minimum absolute atomic E-state index is 0.0230. The van der Waals surface area contributed by atoms with Gasteiger partial charge in [0.15, 0.2) is 6.04 Å². The summed E-state index contributed by atoms with van der Waals surface area (Å²) < 4.78 is 46.5. The van der Waals surface area contributed by atoms with E-state index < -0.39 is 23.7 Å².